The molecular formula is C12H21N3S. The van der Waals surface area contributed by atoms with E-state index >= 15 is 0 Å². The van der Waals surface area contributed by atoms with E-state index in [2.05, 4.69) is 42.2 Å². The third-order valence-electron chi connectivity index (χ3n) is 2.19. The van der Waals surface area contributed by atoms with Crippen molar-refractivity contribution in [2.75, 3.05) is 32.9 Å². The molecule has 0 aliphatic heterocycles. The molecular weight excluding hydrogens is 218 g/mol. The van der Waals surface area contributed by atoms with E-state index < -0.39 is 0 Å². The van der Waals surface area contributed by atoms with Crippen LogP contribution in [0.25, 0.3) is 0 Å². The zero-order valence-electron chi connectivity index (χ0n) is 10.1. The zero-order chi connectivity index (χ0) is 11.8. The van der Waals surface area contributed by atoms with Crippen LogP contribution >= 0.6 is 11.8 Å². The Bertz CT molecular complexity index is 302. The van der Waals surface area contributed by atoms with Crippen molar-refractivity contribution in [3.05, 3.63) is 29.6 Å². The van der Waals surface area contributed by atoms with E-state index in [-0.39, 0.29) is 0 Å². The van der Waals surface area contributed by atoms with Gasteiger partial charge in [-0.15, -0.1) is 0 Å². The molecule has 2 N–H and O–H groups in total. The first-order valence-electron chi connectivity index (χ1n) is 5.59. The largest absolute Gasteiger partial charge is 0.330 e. The summed E-state index contributed by atoms with van der Waals surface area (Å²) in [5, 5.41) is 0. The van der Waals surface area contributed by atoms with Gasteiger partial charge >= 0.3 is 0 Å². The molecule has 16 heavy (non-hydrogen) atoms. The van der Waals surface area contributed by atoms with Crippen molar-refractivity contribution in [1.29, 1.82) is 0 Å². The predicted molar refractivity (Wildman–Crippen MR) is 71.7 cm³/mol. The third kappa shape index (κ3) is 5.49. The topological polar surface area (TPSA) is 42.1 Å². The molecule has 1 heterocycles. The van der Waals surface area contributed by atoms with Gasteiger partial charge in [0.2, 0.25) is 0 Å². The fourth-order valence-corrected chi connectivity index (χ4v) is 2.03. The van der Waals surface area contributed by atoms with Gasteiger partial charge in [-0.05, 0) is 26.2 Å². The molecule has 0 spiro atoms. The quantitative estimate of drug-likeness (QED) is 0.730. The molecule has 0 saturated carbocycles. The highest BCUT2D eigenvalue weighted by molar-refractivity contribution is 7.98. The first kappa shape index (κ1) is 13.5. The second kappa shape index (κ2) is 7.65. The predicted octanol–water partition coefficient (Wildman–Crippen LogP) is 1.38. The highest BCUT2D eigenvalue weighted by atomic mass is 32.2. The molecule has 0 aliphatic rings. The summed E-state index contributed by atoms with van der Waals surface area (Å²) in [6, 6.07) is 6.28. The minimum Gasteiger partial charge on any atom is -0.330 e. The number of likely N-dealkylation sites (N-methyl/N-ethyl adjacent to an activating group) is 1. The fraction of sp³-hybridized carbons (Fsp3) is 0.583. The lowest BCUT2D eigenvalue weighted by Gasteiger charge is -2.09. The van der Waals surface area contributed by atoms with E-state index in [4.69, 9.17) is 5.73 Å². The number of pyridine rings is 1. The van der Waals surface area contributed by atoms with E-state index in [1.807, 2.05) is 11.8 Å². The Morgan fingerprint density at radius 3 is 2.75 bits per heavy atom. The standard InChI is InChI=1S/C12H21N3S/c1-15(2)8-6-11-4-3-5-12(14-11)10-16-9-7-13/h3-5H,6-10,13H2,1-2H3. The van der Waals surface area contributed by atoms with Crippen LogP contribution in [0.1, 0.15) is 11.4 Å². The first-order chi connectivity index (χ1) is 7.72. The number of thioether (sulfide) groups is 1. The molecule has 1 aromatic rings. The maximum absolute atomic E-state index is 5.46. The molecule has 0 radical (unpaired) electrons. The summed E-state index contributed by atoms with van der Waals surface area (Å²) in [6.45, 7) is 1.79. The summed E-state index contributed by atoms with van der Waals surface area (Å²) in [5.41, 5.74) is 7.80. The van der Waals surface area contributed by atoms with Gasteiger partial charge in [-0.1, -0.05) is 6.07 Å². The maximum Gasteiger partial charge on any atom is 0.0505 e. The van der Waals surface area contributed by atoms with Crippen LogP contribution in [0, 0.1) is 0 Å². The Labute approximate surface area is 102 Å². The fourth-order valence-electron chi connectivity index (χ4n) is 1.35. The highest BCUT2D eigenvalue weighted by Gasteiger charge is 1.99. The molecule has 1 rings (SSSR count). The lowest BCUT2D eigenvalue weighted by Crippen LogP contribution is -2.15. The summed E-state index contributed by atoms with van der Waals surface area (Å²) < 4.78 is 0. The Hall–Kier alpha value is -0.580. The maximum atomic E-state index is 5.46. The minimum atomic E-state index is 0.741. The molecule has 0 unspecified atom stereocenters. The number of nitrogens with two attached hydrogens (primary N) is 1. The summed E-state index contributed by atoms with van der Waals surface area (Å²) in [5.74, 6) is 1.97. The molecule has 0 aromatic carbocycles. The van der Waals surface area contributed by atoms with Crippen LogP contribution in [0.3, 0.4) is 0 Å². The number of rotatable bonds is 7. The monoisotopic (exact) mass is 239 g/mol. The summed E-state index contributed by atoms with van der Waals surface area (Å²) >= 11 is 1.84. The average molecular weight is 239 g/mol. The molecule has 1 aromatic heterocycles. The van der Waals surface area contributed by atoms with Crippen LogP contribution in [0.5, 0.6) is 0 Å². The van der Waals surface area contributed by atoms with Crippen molar-refractivity contribution in [3.8, 4) is 0 Å². The highest BCUT2D eigenvalue weighted by Crippen LogP contribution is 2.10. The molecule has 0 fully saturated rings. The lowest BCUT2D eigenvalue weighted by molar-refractivity contribution is 0.411. The number of hydrogen-bond donors (Lipinski definition) is 1. The van der Waals surface area contributed by atoms with Crippen molar-refractivity contribution >= 4 is 11.8 Å². The van der Waals surface area contributed by atoms with Crippen LogP contribution in [0.15, 0.2) is 18.2 Å². The lowest BCUT2D eigenvalue weighted by atomic mass is 10.2. The smallest absolute Gasteiger partial charge is 0.0505 e. The second-order valence-corrected chi connectivity index (χ2v) is 5.12. The second-order valence-electron chi connectivity index (χ2n) is 4.01. The van der Waals surface area contributed by atoms with Gasteiger partial charge in [0.25, 0.3) is 0 Å². The van der Waals surface area contributed by atoms with Gasteiger partial charge in [0.1, 0.15) is 0 Å². The van der Waals surface area contributed by atoms with Crippen molar-refractivity contribution in [3.63, 3.8) is 0 Å². The Morgan fingerprint density at radius 1 is 1.31 bits per heavy atom. The molecule has 0 aliphatic carbocycles. The third-order valence-corrected chi connectivity index (χ3v) is 3.22. The van der Waals surface area contributed by atoms with E-state index in [1.165, 1.54) is 5.69 Å². The molecule has 0 amide bonds. The summed E-state index contributed by atoms with van der Waals surface area (Å²) in [4.78, 5) is 6.81. The number of nitrogens with zero attached hydrogens (tertiary/aromatic N) is 2. The van der Waals surface area contributed by atoms with Gasteiger partial charge in [0.15, 0.2) is 0 Å². The van der Waals surface area contributed by atoms with Crippen molar-refractivity contribution < 1.29 is 0 Å². The van der Waals surface area contributed by atoms with Crippen molar-refractivity contribution in [1.82, 2.24) is 9.88 Å². The van der Waals surface area contributed by atoms with Crippen LogP contribution in [0.4, 0.5) is 0 Å². The molecule has 0 atom stereocenters. The molecule has 0 saturated heterocycles. The summed E-state index contributed by atoms with van der Waals surface area (Å²) in [6.07, 6.45) is 1.02. The van der Waals surface area contributed by atoms with E-state index in [1.54, 1.807) is 0 Å². The molecule has 90 valence electrons. The van der Waals surface area contributed by atoms with Gasteiger partial charge in [-0.2, -0.15) is 11.8 Å². The average Bonchev–Trinajstić information content (AvgIpc) is 2.27. The van der Waals surface area contributed by atoms with Crippen LogP contribution in [0.2, 0.25) is 0 Å². The van der Waals surface area contributed by atoms with Crippen molar-refractivity contribution in [2.45, 2.75) is 12.2 Å². The van der Waals surface area contributed by atoms with E-state index in [0.29, 0.717) is 0 Å². The van der Waals surface area contributed by atoms with Crippen LogP contribution in [-0.2, 0) is 12.2 Å². The van der Waals surface area contributed by atoms with Gasteiger partial charge in [-0.3, -0.25) is 4.98 Å². The summed E-state index contributed by atoms with van der Waals surface area (Å²) in [7, 11) is 4.17. The van der Waals surface area contributed by atoms with Crippen LogP contribution < -0.4 is 5.73 Å². The Balaban J connectivity index is 2.43. The van der Waals surface area contributed by atoms with Crippen LogP contribution in [-0.4, -0.2) is 42.8 Å². The van der Waals surface area contributed by atoms with Gasteiger partial charge < -0.3 is 10.6 Å². The minimum absolute atomic E-state index is 0.741. The molecule has 4 heteroatoms. The Kier molecular flexibility index (Phi) is 6.45. The Morgan fingerprint density at radius 2 is 2.06 bits per heavy atom. The number of hydrogen-bond acceptors (Lipinski definition) is 4. The van der Waals surface area contributed by atoms with Gasteiger partial charge in [0.05, 0.1) is 5.69 Å². The normalized spacial score (nSPS) is 11.0. The van der Waals surface area contributed by atoms with E-state index in [9.17, 15) is 0 Å². The van der Waals surface area contributed by atoms with Gasteiger partial charge in [-0.25, -0.2) is 0 Å². The zero-order valence-corrected chi connectivity index (χ0v) is 11.0. The van der Waals surface area contributed by atoms with E-state index in [0.717, 1.165) is 36.7 Å². The van der Waals surface area contributed by atoms with Crippen molar-refractivity contribution in [2.24, 2.45) is 5.73 Å². The molecule has 0 bridgehead atoms. The number of aromatic nitrogens is 1. The molecule has 3 nitrogen and oxygen atoms in total. The SMILES string of the molecule is CN(C)CCc1cccc(CSCCN)n1. The first-order valence-corrected chi connectivity index (χ1v) is 6.75. The van der Waals surface area contributed by atoms with Gasteiger partial charge in [0, 0.05) is 36.7 Å².